The highest BCUT2D eigenvalue weighted by molar-refractivity contribution is 5.12. The van der Waals surface area contributed by atoms with Gasteiger partial charge in [-0.2, -0.15) is 0 Å². The molecule has 1 atom stereocenters. The molecular weight excluding hydrogens is 100 g/mol. The number of dihydropyridines is 1. The van der Waals surface area contributed by atoms with Crippen LogP contribution in [-0.4, -0.2) is 12.6 Å². The third-order valence-corrected chi connectivity index (χ3v) is 1.11. The molecule has 0 bridgehead atoms. The summed E-state index contributed by atoms with van der Waals surface area (Å²) in [5.41, 5.74) is 5.36. The molecule has 1 heterocycles. The standard InChI is InChI=1S/C6H10N2/c7-5-6-3-1-2-4-8-6/h1-4,6,8H,5,7H2. The van der Waals surface area contributed by atoms with E-state index in [2.05, 4.69) is 5.32 Å². The number of hydrogen-bond acceptors (Lipinski definition) is 2. The van der Waals surface area contributed by atoms with Crippen LogP contribution in [0.25, 0.3) is 0 Å². The molecule has 0 saturated heterocycles. The molecule has 0 aliphatic carbocycles. The van der Waals surface area contributed by atoms with E-state index in [1.807, 2.05) is 24.4 Å². The van der Waals surface area contributed by atoms with Gasteiger partial charge in [0, 0.05) is 6.54 Å². The van der Waals surface area contributed by atoms with Crippen LogP contribution in [0.15, 0.2) is 24.4 Å². The first-order chi connectivity index (χ1) is 3.93. The predicted molar refractivity (Wildman–Crippen MR) is 34.3 cm³/mol. The third kappa shape index (κ3) is 1.10. The summed E-state index contributed by atoms with van der Waals surface area (Å²) in [4.78, 5) is 0. The van der Waals surface area contributed by atoms with E-state index in [0.717, 1.165) is 0 Å². The van der Waals surface area contributed by atoms with Gasteiger partial charge in [0.25, 0.3) is 0 Å². The van der Waals surface area contributed by atoms with Gasteiger partial charge in [-0.1, -0.05) is 12.2 Å². The Labute approximate surface area is 49.1 Å². The summed E-state index contributed by atoms with van der Waals surface area (Å²) < 4.78 is 0. The molecule has 0 saturated carbocycles. The first-order valence-corrected chi connectivity index (χ1v) is 2.73. The van der Waals surface area contributed by atoms with Gasteiger partial charge in [0.15, 0.2) is 0 Å². The minimum atomic E-state index is 0.347. The van der Waals surface area contributed by atoms with Crippen LogP contribution in [0.1, 0.15) is 0 Å². The highest BCUT2D eigenvalue weighted by Gasteiger charge is 1.97. The lowest BCUT2D eigenvalue weighted by atomic mass is 10.2. The molecule has 1 aliphatic heterocycles. The Bertz CT molecular complexity index is 116. The number of allylic oxidation sites excluding steroid dienone is 2. The van der Waals surface area contributed by atoms with Gasteiger partial charge in [0.2, 0.25) is 0 Å². The van der Waals surface area contributed by atoms with Crippen molar-refractivity contribution in [3.05, 3.63) is 24.4 Å². The number of rotatable bonds is 1. The van der Waals surface area contributed by atoms with Crippen molar-refractivity contribution in [1.29, 1.82) is 0 Å². The van der Waals surface area contributed by atoms with Crippen LogP contribution in [0.2, 0.25) is 0 Å². The molecule has 44 valence electrons. The molecule has 0 fully saturated rings. The smallest absolute Gasteiger partial charge is 0.0564 e. The highest BCUT2D eigenvalue weighted by Crippen LogP contribution is 1.90. The van der Waals surface area contributed by atoms with E-state index >= 15 is 0 Å². The Morgan fingerprint density at radius 3 is 2.75 bits per heavy atom. The molecule has 3 N–H and O–H groups in total. The number of hydrogen-bond donors (Lipinski definition) is 2. The molecule has 0 radical (unpaired) electrons. The predicted octanol–water partition coefficient (Wildman–Crippen LogP) is -0.0132. The number of nitrogens with two attached hydrogens (primary N) is 1. The van der Waals surface area contributed by atoms with Crippen LogP contribution < -0.4 is 11.1 Å². The van der Waals surface area contributed by atoms with Crippen molar-refractivity contribution >= 4 is 0 Å². The average molecular weight is 110 g/mol. The lowest BCUT2D eigenvalue weighted by Crippen LogP contribution is -2.31. The molecule has 0 aromatic rings. The van der Waals surface area contributed by atoms with Gasteiger partial charge >= 0.3 is 0 Å². The van der Waals surface area contributed by atoms with E-state index in [-0.39, 0.29) is 0 Å². The summed E-state index contributed by atoms with van der Waals surface area (Å²) >= 11 is 0. The second kappa shape index (κ2) is 2.52. The Morgan fingerprint density at radius 2 is 2.38 bits per heavy atom. The van der Waals surface area contributed by atoms with Gasteiger partial charge in [0.05, 0.1) is 6.04 Å². The molecule has 8 heavy (non-hydrogen) atoms. The zero-order valence-corrected chi connectivity index (χ0v) is 4.67. The van der Waals surface area contributed by atoms with Crippen molar-refractivity contribution in [3.8, 4) is 0 Å². The highest BCUT2D eigenvalue weighted by atomic mass is 14.9. The monoisotopic (exact) mass is 110 g/mol. The zero-order chi connectivity index (χ0) is 5.82. The lowest BCUT2D eigenvalue weighted by molar-refractivity contribution is 0.702. The van der Waals surface area contributed by atoms with Crippen molar-refractivity contribution in [3.63, 3.8) is 0 Å². The van der Waals surface area contributed by atoms with Gasteiger partial charge in [-0.3, -0.25) is 0 Å². The molecule has 1 rings (SSSR count). The maximum Gasteiger partial charge on any atom is 0.0564 e. The van der Waals surface area contributed by atoms with Crippen LogP contribution in [0, 0.1) is 0 Å². The molecule has 2 heteroatoms. The second-order valence-electron chi connectivity index (χ2n) is 1.75. The van der Waals surface area contributed by atoms with Gasteiger partial charge < -0.3 is 11.1 Å². The first-order valence-electron chi connectivity index (χ1n) is 2.73. The second-order valence-corrected chi connectivity index (χ2v) is 1.75. The van der Waals surface area contributed by atoms with Gasteiger partial charge in [-0.05, 0) is 12.3 Å². The fourth-order valence-corrected chi connectivity index (χ4v) is 0.635. The van der Waals surface area contributed by atoms with E-state index in [1.165, 1.54) is 0 Å². The van der Waals surface area contributed by atoms with Crippen LogP contribution in [0.3, 0.4) is 0 Å². The zero-order valence-electron chi connectivity index (χ0n) is 4.67. The Morgan fingerprint density at radius 1 is 1.50 bits per heavy atom. The third-order valence-electron chi connectivity index (χ3n) is 1.11. The lowest BCUT2D eigenvalue weighted by Gasteiger charge is -2.11. The average Bonchev–Trinajstić information content (AvgIpc) is 1.90. The van der Waals surface area contributed by atoms with E-state index in [9.17, 15) is 0 Å². The quantitative estimate of drug-likeness (QED) is 0.498. The maximum atomic E-state index is 5.36. The molecular formula is C6H10N2. The van der Waals surface area contributed by atoms with Crippen LogP contribution in [-0.2, 0) is 0 Å². The fourth-order valence-electron chi connectivity index (χ4n) is 0.635. The molecule has 1 unspecified atom stereocenters. The molecule has 0 amide bonds. The van der Waals surface area contributed by atoms with Crippen molar-refractivity contribution < 1.29 is 0 Å². The normalized spacial score (nSPS) is 25.4. The van der Waals surface area contributed by atoms with E-state index in [4.69, 9.17) is 5.73 Å². The minimum Gasteiger partial charge on any atom is -0.383 e. The van der Waals surface area contributed by atoms with Crippen molar-refractivity contribution in [2.24, 2.45) is 5.73 Å². The van der Waals surface area contributed by atoms with Crippen LogP contribution >= 0.6 is 0 Å². The van der Waals surface area contributed by atoms with Crippen LogP contribution in [0.5, 0.6) is 0 Å². The van der Waals surface area contributed by atoms with Crippen molar-refractivity contribution in [2.75, 3.05) is 6.54 Å². The summed E-state index contributed by atoms with van der Waals surface area (Å²) in [7, 11) is 0. The van der Waals surface area contributed by atoms with E-state index in [1.54, 1.807) is 0 Å². The summed E-state index contributed by atoms with van der Waals surface area (Å²) in [5, 5.41) is 3.08. The largest absolute Gasteiger partial charge is 0.383 e. The van der Waals surface area contributed by atoms with Crippen molar-refractivity contribution in [1.82, 2.24) is 5.32 Å². The molecule has 0 aromatic heterocycles. The summed E-state index contributed by atoms with van der Waals surface area (Å²) in [5.74, 6) is 0. The molecule has 0 spiro atoms. The summed E-state index contributed by atoms with van der Waals surface area (Å²) in [6.45, 7) is 0.668. The van der Waals surface area contributed by atoms with Gasteiger partial charge in [0.1, 0.15) is 0 Å². The SMILES string of the molecule is NCC1C=CC=CN1. The minimum absolute atomic E-state index is 0.347. The maximum absolute atomic E-state index is 5.36. The summed E-state index contributed by atoms with van der Waals surface area (Å²) in [6, 6.07) is 0.347. The first kappa shape index (κ1) is 5.38. The Kier molecular flexibility index (Phi) is 1.70. The Balaban J connectivity index is 2.40. The van der Waals surface area contributed by atoms with E-state index in [0.29, 0.717) is 12.6 Å². The molecule has 1 aliphatic rings. The topological polar surface area (TPSA) is 38.0 Å². The van der Waals surface area contributed by atoms with Crippen molar-refractivity contribution in [2.45, 2.75) is 6.04 Å². The molecule has 2 nitrogen and oxygen atoms in total. The fraction of sp³-hybridized carbons (Fsp3) is 0.333. The van der Waals surface area contributed by atoms with Crippen LogP contribution in [0.4, 0.5) is 0 Å². The molecule has 0 aromatic carbocycles. The number of nitrogens with one attached hydrogen (secondary N) is 1. The summed E-state index contributed by atoms with van der Waals surface area (Å²) in [6.07, 6.45) is 7.89. The van der Waals surface area contributed by atoms with E-state index < -0.39 is 0 Å². The van der Waals surface area contributed by atoms with Gasteiger partial charge in [-0.25, -0.2) is 0 Å². The Hall–Kier alpha value is -0.760. The van der Waals surface area contributed by atoms with Gasteiger partial charge in [-0.15, -0.1) is 0 Å².